The van der Waals surface area contributed by atoms with E-state index in [1.807, 2.05) is 48.5 Å². The van der Waals surface area contributed by atoms with E-state index in [1.165, 1.54) is 0 Å². The molecule has 2 aromatic rings. The molecule has 20 heavy (non-hydrogen) atoms. The molecule has 0 spiro atoms. The molecule has 0 saturated carbocycles. The first-order chi connectivity index (χ1) is 9.69. The van der Waals surface area contributed by atoms with Crippen LogP contribution in [-0.2, 0) is 10.4 Å². The van der Waals surface area contributed by atoms with Gasteiger partial charge in [0.1, 0.15) is 0 Å². The highest BCUT2D eigenvalue weighted by atomic mass is 16.3. The first kappa shape index (κ1) is 12.6. The molecule has 2 aromatic carbocycles. The van der Waals surface area contributed by atoms with Crippen LogP contribution >= 0.6 is 0 Å². The van der Waals surface area contributed by atoms with Crippen LogP contribution in [0.2, 0.25) is 0 Å². The molecule has 1 amide bonds. The Morgan fingerprint density at radius 3 is 2.15 bits per heavy atom. The number of amides is 1. The van der Waals surface area contributed by atoms with Crippen LogP contribution in [0, 0.1) is 0 Å². The van der Waals surface area contributed by atoms with Gasteiger partial charge < -0.3 is 5.11 Å². The van der Waals surface area contributed by atoms with Crippen LogP contribution in [0.5, 0.6) is 0 Å². The Bertz CT molecular complexity index is 639. The van der Waals surface area contributed by atoms with E-state index in [4.69, 9.17) is 0 Å². The summed E-state index contributed by atoms with van der Waals surface area (Å²) in [5.74, 6) is -0.320. The molecule has 2 unspecified atom stereocenters. The highest BCUT2D eigenvalue weighted by Crippen LogP contribution is 2.43. The van der Waals surface area contributed by atoms with Gasteiger partial charge in [0.25, 0.3) is 5.91 Å². The number of carbonyl (C=O) groups is 1. The maximum Gasteiger partial charge on any atom is 0.266 e. The van der Waals surface area contributed by atoms with Crippen LogP contribution in [0.25, 0.3) is 0 Å². The highest BCUT2D eigenvalue weighted by molar-refractivity contribution is 6.09. The van der Waals surface area contributed by atoms with Gasteiger partial charge in [0.05, 0.1) is 6.04 Å². The van der Waals surface area contributed by atoms with Gasteiger partial charge in [-0.2, -0.15) is 0 Å². The summed E-state index contributed by atoms with van der Waals surface area (Å²) in [7, 11) is 0. The molecule has 1 aliphatic rings. The summed E-state index contributed by atoms with van der Waals surface area (Å²) in [6.07, 6.45) is 1.61. The number of nitrogens with zero attached hydrogens (tertiary/aromatic N) is 1. The normalized spacial score (nSPS) is 25.1. The third-order valence-electron chi connectivity index (χ3n) is 3.72. The number of rotatable bonds is 3. The Morgan fingerprint density at radius 2 is 1.60 bits per heavy atom. The molecule has 0 radical (unpaired) electrons. The zero-order valence-electron chi connectivity index (χ0n) is 10.9. The molecule has 100 valence electrons. The quantitative estimate of drug-likeness (QED) is 0.684. The Kier molecular flexibility index (Phi) is 2.92. The first-order valence-corrected chi connectivity index (χ1v) is 6.48. The Hall–Kier alpha value is -2.39. The summed E-state index contributed by atoms with van der Waals surface area (Å²) in [6, 6.07) is 17.8. The molecule has 3 heteroatoms. The molecule has 1 N–H and O–H groups in total. The van der Waals surface area contributed by atoms with Gasteiger partial charge in [0, 0.05) is 5.69 Å². The van der Waals surface area contributed by atoms with Crippen LogP contribution in [-0.4, -0.2) is 17.1 Å². The SMILES string of the molecule is C=CC1N(c2ccccc2)C(=O)C1(O)c1ccccc1. The molecule has 1 heterocycles. The van der Waals surface area contributed by atoms with E-state index in [2.05, 4.69) is 6.58 Å². The Balaban J connectivity index is 2.01. The van der Waals surface area contributed by atoms with Gasteiger partial charge in [-0.15, -0.1) is 6.58 Å². The number of hydrogen-bond donors (Lipinski definition) is 1. The van der Waals surface area contributed by atoms with Crippen molar-refractivity contribution in [2.45, 2.75) is 11.6 Å². The third-order valence-corrected chi connectivity index (χ3v) is 3.72. The van der Waals surface area contributed by atoms with Crippen molar-refractivity contribution >= 4 is 11.6 Å². The van der Waals surface area contributed by atoms with Crippen molar-refractivity contribution < 1.29 is 9.90 Å². The maximum absolute atomic E-state index is 12.5. The van der Waals surface area contributed by atoms with Gasteiger partial charge in [-0.1, -0.05) is 54.6 Å². The van der Waals surface area contributed by atoms with Crippen LogP contribution < -0.4 is 4.90 Å². The number of hydrogen-bond acceptors (Lipinski definition) is 2. The summed E-state index contributed by atoms with van der Waals surface area (Å²) < 4.78 is 0. The maximum atomic E-state index is 12.5. The molecule has 3 nitrogen and oxygen atoms in total. The summed E-state index contributed by atoms with van der Waals surface area (Å²) >= 11 is 0. The van der Waals surface area contributed by atoms with Crippen molar-refractivity contribution in [3.63, 3.8) is 0 Å². The largest absolute Gasteiger partial charge is 0.373 e. The minimum absolute atomic E-state index is 0.320. The highest BCUT2D eigenvalue weighted by Gasteiger charge is 2.60. The van der Waals surface area contributed by atoms with Crippen LogP contribution in [0.4, 0.5) is 5.69 Å². The van der Waals surface area contributed by atoms with Gasteiger partial charge in [-0.05, 0) is 17.7 Å². The van der Waals surface area contributed by atoms with Gasteiger partial charge in [0.2, 0.25) is 0 Å². The predicted octanol–water partition coefficient (Wildman–Crippen LogP) is 2.48. The van der Waals surface area contributed by atoms with E-state index in [9.17, 15) is 9.90 Å². The minimum atomic E-state index is -1.52. The van der Waals surface area contributed by atoms with Crippen molar-refractivity contribution in [1.29, 1.82) is 0 Å². The summed E-state index contributed by atoms with van der Waals surface area (Å²) in [6.45, 7) is 3.76. The molecule has 1 aliphatic heterocycles. The average molecular weight is 265 g/mol. The third kappa shape index (κ3) is 1.60. The van der Waals surface area contributed by atoms with E-state index in [-0.39, 0.29) is 5.91 Å². The topological polar surface area (TPSA) is 40.5 Å². The fourth-order valence-electron chi connectivity index (χ4n) is 2.69. The second-order valence-corrected chi connectivity index (χ2v) is 4.82. The number of aliphatic hydroxyl groups is 1. The van der Waals surface area contributed by atoms with Crippen molar-refractivity contribution in [1.82, 2.24) is 0 Å². The molecule has 2 atom stereocenters. The van der Waals surface area contributed by atoms with Gasteiger partial charge >= 0.3 is 0 Å². The molecule has 1 fully saturated rings. The van der Waals surface area contributed by atoms with Crippen LogP contribution in [0.1, 0.15) is 5.56 Å². The lowest BCUT2D eigenvalue weighted by Crippen LogP contribution is -2.71. The van der Waals surface area contributed by atoms with E-state index in [0.717, 1.165) is 5.69 Å². The van der Waals surface area contributed by atoms with Gasteiger partial charge in [-0.3, -0.25) is 9.69 Å². The first-order valence-electron chi connectivity index (χ1n) is 6.48. The van der Waals surface area contributed by atoms with Crippen molar-refractivity contribution in [2.24, 2.45) is 0 Å². The number of anilines is 1. The fourth-order valence-corrected chi connectivity index (χ4v) is 2.69. The lowest BCUT2D eigenvalue weighted by molar-refractivity contribution is -0.152. The fraction of sp³-hybridized carbons (Fsp3) is 0.118. The molecule has 1 saturated heterocycles. The van der Waals surface area contributed by atoms with Crippen LogP contribution in [0.15, 0.2) is 73.3 Å². The molecule has 0 aliphatic carbocycles. The number of benzene rings is 2. The Labute approximate surface area is 117 Å². The lowest BCUT2D eigenvalue weighted by Gasteiger charge is -2.51. The van der Waals surface area contributed by atoms with E-state index in [1.54, 1.807) is 23.1 Å². The molecular weight excluding hydrogens is 250 g/mol. The van der Waals surface area contributed by atoms with Gasteiger partial charge in [0.15, 0.2) is 5.60 Å². The Morgan fingerprint density at radius 1 is 1.05 bits per heavy atom. The minimum Gasteiger partial charge on any atom is -0.373 e. The summed E-state index contributed by atoms with van der Waals surface area (Å²) in [4.78, 5) is 14.1. The second kappa shape index (κ2) is 4.62. The lowest BCUT2D eigenvalue weighted by atomic mass is 9.76. The number of carbonyl (C=O) groups excluding carboxylic acids is 1. The van der Waals surface area contributed by atoms with E-state index >= 15 is 0 Å². The molecule has 0 aromatic heterocycles. The van der Waals surface area contributed by atoms with E-state index < -0.39 is 11.6 Å². The monoisotopic (exact) mass is 265 g/mol. The zero-order valence-corrected chi connectivity index (χ0v) is 10.9. The van der Waals surface area contributed by atoms with Crippen molar-refractivity contribution in [3.05, 3.63) is 78.9 Å². The molecule has 0 bridgehead atoms. The number of β-lactam (4-membered cyclic amide) rings is 1. The zero-order chi connectivity index (χ0) is 14.2. The molecular formula is C17H15NO2. The summed E-state index contributed by atoms with van der Waals surface area (Å²) in [5, 5.41) is 10.8. The number of para-hydroxylation sites is 1. The summed E-state index contributed by atoms with van der Waals surface area (Å²) in [5.41, 5.74) is -0.149. The van der Waals surface area contributed by atoms with Crippen LogP contribution in [0.3, 0.4) is 0 Å². The standard InChI is InChI=1S/C17H15NO2/c1-2-15-17(20,13-9-5-3-6-10-13)16(19)18(15)14-11-7-4-8-12-14/h2-12,15,20H,1H2. The second-order valence-electron chi connectivity index (χ2n) is 4.82. The van der Waals surface area contributed by atoms with E-state index in [0.29, 0.717) is 5.56 Å². The molecule has 3 rings (SSSR count). The van der Waals surface area contributed by atoms with Gasteiger partial charge in [-0.25, -0.2) is 0 Å². The smallest absolute Gasteiger partial charge is 0.266 e. The average Bonchev–Trinajstić information content (AvgIpc) is 2.52. The predicted molar refractivity (Wildman–Crippen MR) is 78.3 cm³/mol. The van der Waals surface area contributed by atoms with Crippen molar-refractivity contribution in [3.8, 4) is 0 Å². The van der Waals surface area contributed by atoms with Crippen molar-refractivity contribution in [2.75, 3.05) is 4.90 Å².